The number of amides is 1. The molecule has 1 atom stereocenters. The molecule has 0 saturated carbocycles. The number of aromatic nitrogens is 2. The molecule has 1 saturated heterocycles. The molecule has 2 heterocycles. The number of nitrogens with zero attached hydrogens (tertiary/aromatic N) is 3. The van der Waals surface area contributed by atoms with Crippen LogP contribution in [0.2, 0.25) is 0 Å². The molecule has 144 valence electrons. The van der Waals surface area contributed by atoms with Gasteiger partial charge in [0.05, 0.1) is 0 Å². The van der Waals surface area contributed by atoms with E-state index >= 15 is 0 Å². The van der Waals surface area contributed by atoms with Crippen LogP contribution >= 0.6 is 0 Å². The summed E-state index contributed by atoms with van der Waals surface area (Å²) < 4.78 is 4.99. The van der Waals surface area contributed by atoms with Crippen molar-refractivity contribution in [1.82, 2.24) is 20.4 Å². The van der Waals surface area contributed by atoms with E-state index < -0.39 is 0 Å². The molecule has 6 heteroatoms. The third-order valence-corrected chi connectivity index (χ3v) is 5.07. The summed E-state index contributed by atoms with van der Waals surface area (Å²) in [6.07, 6.45) is 0. The summed E-state index contributed by atoms with van der Waals surface area (Å²) in [6, 6.07) is 17.9. The van der Waals surface area contributed by atoms with E-state index in [1.165, 1.54) is 5.56 Å². The summed E-state index contributed by atoms with van der Waals surface area (Å²) in [5.41, 5.74) is 2.85. The lowest BCUT2D eigenvalue weighted by Crippen LogP contribution is -2.51. The first-order chi connectivity index (χ1) is 13.6. The maximum absolute atomic E-state index is 12.5. The Balaban J connectivity index is 1.27. The molecule has 3 aromatic rings. The van der Waals surface area contributed by atoms with Crippen LogP contribution in [0.15, 0.2) is 59.1 Å². The molecule has 0 radical (unpaired) electrons. The first-order valence-corrected chi connectivity index (χ1v) is 9.57. The summed E-state index contributed by atoms with van der Waals surface area (Å²) in [5, 5.41) is 6.98. The minimum Gasteiger partial charge on any atom is -0.348 e. The van der Waals surface area contributed by atoms with Gasteiger partial charge in [-0.1, -0.05) is 47.6 Å². The van der Waals surface area contributed by atoms with Crippen LogP contribution in [-0.2, 0) is 0 Å². The lowest BCUT2D eigenvalue weighted by molar-refractivity contribution is 0.0900. The van der Waals surface area contributed by atoms with Crippen LogP contribution in [0, 0.1) is 6.92 Å². The summed E-state index contributed by atoms with van der Waals surface area (Å²) in [7, 11) is 0. The smallest absolute Gasteiger partial charge is 0.251 e. The summed E-state index contributed by atoms with van der Waals surface area (Å²) in [4.78, 5) is 19.1. The number of carbonyl (C=O) groups is 1. The molecule has 28 heavy (non-hydrogen) atoms. The highest BCUT2D eigenvalue weighted by Gasteiger charge is 2.28. The number of carbonyl (C=O) groups excluding carboxylic acids is 1. The first kappa shape index (κ1) is 18.4. The van der Waals surface area contributed by atoms with E-state index in [9.17, 15) is 4.79 Å². The van der Waals surface area contributed by atoms with E-state index in [1.807, 2.05) is 25.1 Å². The highest BCUT2D eigenvalue weighted by Crippen LogP contribution is 2.26. The standard InChI is InChI=1S/C22H24N4O2/c1-15(12-26-13-20(14-26)17-6-4-3-5-7-17)23-22(27)19-10-8-18(9-11-19)21-24-16(2)28-25-21/h3-11,15,20H,12-14H2,1-2H3,(H,23,27)/t15-/m1/s1. The average Bonchev–Trinajstić information content (AvgIpc) is 3.11. The lowest BCUT2D eigenvalue weighted by Gasteiger charge is -2.41. The zero-order chi connectivity index (χ0) is 19.5. The van der Waals surface area contributed by atoms with E-state index in [0.717, 1.165) is 25.2 Å². The van der Waals surface area contributed by atoms with Crippen molar-refractivity contribution in [3.05, 3.63) is 71.6 Å². The van der Waals surface area contributed by atoms with Crippen LogP contribution in [0.1, 0.15) is 34.7 Å². The number of hydrogen-bond donors (Lipinski definition) is 1. The maximum Gasteiger partial charge on any atom is 0.251 e. The first-order valence-electron chi connectivity index (χ1n) is 9.57. The molecule has 6 nitrogen and oxygen atoms in total. The highest BCUT2D eigenvalue weighted by molar-refractivity contribution is 5.94. The van der Waals surface area contributed by atoms with Crippen molar-refractivity contribution < 1.29 is 9.32 Å². The molecule has 2 aromatic carbocycles. The van der Waals surface area contributed by atoms with Gasteiger partial charge in [-0.2, -0.15) is 4.98 Å². The van der Waals surface area contributed by atoms with E-state index in [-0.39, 0.29) is 11.9 Å². The zero-order valence-electron chi connectivity index (χ0n) is 16.1. The van der Waals surface area contributed by atoms with Gasteiger partial charge in [-0.05, 0) is 24.6 Å². The Hall–Kier alpha value is -2.99. The number of rotatable bonds is 6. The number of aryl methyl sites for hydroxylation is 1. The second-order valence-electron chi connectivity index (χ2n) is 7.42. The van der Waals surface area contributed by atoms with Crippen molar-refractivity contribution in [2.75, 3.05) is 19.6 Å². The van der Waals surface area contributed by atoms with Crippen molar-refractivity contribution in [1.29, 1.82) is 0 Å². The Labute approximate surface area is 164 Å². The molecular weight excluding hydrogens is 352 g/mol. The molecule has 1 amide bonds. The predicted octanol–water partition coefficient (Wildman–Crippen LogP) is 3.26. The third kappa shape index (κ3) is 4.12. The topological polar surface area (TPSA) is 71.3 Å². The Morgan fingerprint density at radius 1 is 1.18 bits per heavy atom. The van der Waals surface area contributed by atoms with Gasteiger partial charge in [-0.15, -0.1) is 0 Å². The average molecular weight is 376 g/mol. The molecular formula is C22H24N4O2. The Morgan fingerprint density at radius 2 is 1.89 bits per heavy atom. The fourth-order valence-electron chi connectivity index (χ4n) is 3.58. The van der Waals surface area contributed by atoms with E-state index in [2.05, 4.69) is 44.6 Å². The van der Waals surface area contributed by atoms with Crippen molar-refractivity contribution in [3.63, 3.8) is 0 Å². The molecule has 1 fully saturated rings. The number of likely N-dealkylation sites (tertiary alicyclic amines) is 1. The van der Waals surface area contributed by atoms with Gasteiger partial charge in [0.15, 0.2) is 0 Å². The van der Waals surface area contributed by atoms with Gasteiger partial charge in [0.25, 0.3) is 5.91 Å². The molecule has 4 rings (SSSR count). The third-order valence-electron chi connectivity index (χ3n) is 5.07. The van der Waals surface area contributed by atoms with E-state index in [1.54, 1.807) is 19.1 Å². The minimum absolute atomic E-state index is 0.0662. The van der Waals surface area contributed by atoms with Crippen LogP contribution in [0.3, 0.4) is 0 Å². The molecule has 0 bridgehead atoms. The number of nitrogens with one attached hydrogen (secondary N) is 1. The van der Waals surface area contributed by atoms with E-state index in [4.69, 9.17) is 4.52 Å². The molecule has 1 aliphatic rings. The van der Waals surface area contributed by atoms with Crippen LogP contribution in [0.5, 0.6) is 0 Å². The minimum atomic E-state index is -0.0662. The van der Waals surface area contributed by atoms with Crippen LogP contribution in [0.25, 0.3) is 11.4 Å². The van der Waals surface area contributed by atoms with Gasteiger partial charge < -0.3 is 9.84 Å². The monoisotopic (exact) mass is 376 g/mol. The van der Waals surface area contributed by atoms with Crippen LogP contribution in [0.4, 0.5) is 0 Å². The predicted molar refractivity (Wildman–Crippen MR) is 107 cm³/mol. The largest absolute Gasteiger partial charge is 0.348 e. The van der Waals surface area contributed by atoms with Crippen molar-refractivity contribution in [2.24, 2.45) is 0 Å². The molecule has 1 aliphatic heterocycles. The molecule has 0 aliphatic carbocycles. The molecule has 0 spiro atoms. The van der Waals surface area contributed by atoms with Crippen LogP contribution < -0.4 is 5.32 Å². The van der Waals surface area contributed by atoms with E-state index in [0.29, 0.717) is 23.2 Å². The summed E-state index contributed by atoms with van der Waals surface area (Å²) in [5.74, 6) is 1.59. The van der Waals surface area contributed by atoms with Gasteiger partial charge in [0.1, 0.15) is 0 Å². The van der Waals surface area contributed by atoms with Gasteiger partial charge >= 0.3 is 0 Å². The lowest BCUT2D eigenvalue weighted by atomic mass is 9.91. The maximum atomic E-state index is 12.5. The van der Waals surface area contributed by atoms with Gasteiger partial charge in [0, 0.05) is 49.6 Å². The zero-order valence-corrected chi connectivity index (χ0v) is 16.1. The van der Waals surface area contributed by atoms with Crippen LogP contribution in [-0.4, -0.2) is 46.6 Å². The second-order valence-corrected chi connectivity index (χ2v) is 7.42. The molecule has 1 N–H and O–H groups in total. The van der Waals surface area contributed by atoms with Gasteiger partial charge in [0.2, 0.25) is 11.7 Å². The van der Waals surface area contributed by atoms with Gasteiger partial charge in [-0.3, -0.25) is 9.69 Å². The van der Waals surface area contributed by atoms with Crippen molar-refractivity contribution in [2.45, 2.75) is 25.8 Å². The highest BCUT2D eigenvalue weighted by atomic mass is 16.5. The van der Waals surface area contributed by atoms with Gasteiger partial charge in [-0.25, -0.2) is 0 Å². The quantitative estimate of drug-likeness (QED) is 0.715. The Morgan fingerprint density at radius 3 is 2.54 bits per heavy atom. The molecule has 1 aromatic heterocycles. The SMILES string of the molecule is Cc1nc(-c2ccc(C(=O)N[C@H](C)CN3CC(c4ccccc4)C3)cc2)no1. The summed E-state index contributed by atoms with van der Waals surface area (Å²) >= 11 is 0. The second kappa shape index (κ2) is 7.94. The van der Waals surface area contributed by atoms with Crippen molar-refractivity contribution >= 4 is 5.91 Å². The number of benzene rings is 2. The molecule has 0 unspecified atom stereocenters. The fourth-order valence-corrected chi connectivity index (χ4v) is 3.58. The normalized spacial score (nSPS) is 15.8. The van der Waals surface area contributed by atoms with Crippen molar-refractivity contribution in [3.8, 4) is 11.4 Å². The Kier molecular flexibility index (Phi) is 5.21. The fraction of sp³-hybridized carbons (Fsp3) is 0.318. The Bertz CT molecular complexity index is 931. The summed E-state index contributed by atoms with van der Waals surface area (Å²) in [6.45, 7) is 6.74. The number of hydrogen-bond acceptors (Lipinski definition) is 5.